The normalized spacial score (nSPS) is 13.5. The van der Waals surface area contributed by atoms with E-state index in [0.717, 1.165) is 15.8 Å². The Labute approximate surface area is 130 Å². The Kier molecular flexibility index (Phi) is 3.51. The Morgan fingerprint density at radius 3 is 2.67 bits per heavy atom. The van der Waals surface area contributed by atoms with E-state index in [1.54, 1.807) is 19.2 Å². The average molecular weight is 346 g/mol. The van der Waals surface area contributed by atoms with E-state index in [4.69, 9.17) is 4.74 Å². The van der Waals surface area contributed by atoms with Crippen molar-refractivity contribution in [3.8, 4) is 5.75 Å². The predicted molar refractivity (Wildman–Crippen MR) is 82.7 cm³/mol. The summed E-state index contributed by atoms with van der Waals surface area (Å²) < 4.78 is 5.92. The van der Waals surface area contributed by atoms with Gasteiger partial charge in [-0.2, -0.15) is 0 Å². The molecule has 21 heavy (non-hydrogen) atoms. The molecule has 0 spiro atoms. The van der Waals surface area contributed by atoms with Crippen molar-refractivity contribution in [3.05, 3.63) is 58.1 Å². The Morgan fingerprint density at radius 2 is 1.90 bits per heavy atom. The van der Waals surface area contributed by atoms with Gasteiger partial charge in [-0.25, -0.2) is 0 Å². The zero-order valence-corrected chi connectivity index (χ0v) is 12.9. The summed E-state index contributed by atoms with van der Waals surface area (Å²) in [6.07, 6.45) is 0. The number of carbonyl (C=O) groups excluding carboxylic acids is 2. The number of fused-ring (bicyclic) bond motifs is 1. The van der Waals surface area contributed by atoms with Gasteiger partial charge in [0.1, 0.15) is 5.75 Å². The number of nitrogens with zero attached hydrogens (tertiary/aromatic N) is 1. The minimum absolute atomic E-state index is 0.331. The van der Waals surface area contributed by atoms with Gasteiger partial charge in [0.25, 0.3) is 11.7 Å². The van der Waals surface area contributed by atoms with Crippen LogP contribution in [0.4, 0.5) is 5.69 Å². The first-order valence-electron chi connectivity index (χ1n) is 6.39. The number of methoxy groups -OCH3 is 1. The molecule has 0 N–H and O–H groups in total. The number of benzene rings is 2. The van der Waals surface area contributed by atoms with E-state index in [2.05, 4.69) is 15.9 Å². The molecule has 0 atom stereocenters. The molecule has 1 aliphatic rings. The summed E-state index contributed by atoms with van der Waals surface area (Å²) in [5.74, 6) is -0.244. The highest BCUT2D eigenvalue weighted by Gasteiger charge is 2.37. The van der Waals surface area contributed by atoms with Crippen LogP contribution in [0.1, 0.15) is 15.9 Å². The first-order valence-corrected chi connectivity index (χ1v) is 7.18. The third-order valence-electron chi connectivity index (χ3n) is 3.42. The summed E-state index contributed by atoms with van der Waals surface area (Å²) in [5.41, 5.74) is 1.98. The van der Waals surface area contributed by atoms with Crippen LogP contribution in [0.3, 0.4) is 0 Å². The van der Waals surface area contributed by atoms with E-state index >= 15 is 0 Å². The lowest BCUT2D eigenvalue weighted by atomic mass is 10.1. The van der Waals surface area contributed by atoms with Crippen LogP contribution < -0.4 is 9.64 Å². The highest BCUT2D eigenvalue weighted by atomic mass is 79.9. The van der Waals surface area contributed by atoms with Crippen molar-refractivity contribution in [1.82, 2.24) is 0 Å². The largest absolute Gasteiger partial charge is 0.497 e. The molecular weight excluding hydrogens is 334 g/mol. The van der Waals surface area contributed by atoms with Gasteiger partial charge in [0.15, 0.2) is 0 Å². The van der Waals surface area contributed by atoms with Gasteiger partial charge in [0.05, 0.1) is 24.9 Å². The maximum absolute atomic E-state index is 12.2. The summed E-state index contributed by atoms with van der Waals surface area (Å²) in [4.78, 5) is 25.7. The van der Waals surface area contributed by atoms with Crippen molar-refractivity contribution in [2.45, 2.75) is 6.54 Å². The Bertz CT molecular complexity index is 742. The zero-order valence-electron chi connectivity index (χ0n) is 11.3. The molecule has 2 aromatic rings. The maximum atomic E-state index is 12.2. The first kappa shape index (κ1) is 13.8. The third-order valence-corrected chi connectivity index (χ3v) is 4.06. The second-order valence-corrected chi connectivity index (χ2v) is 5.56. The van der Waals surface area contributed by atoms with Gasteiger partial charge in [0.2, 0.25) is 0 Å². The molecule has 0 saturated carbocycles. The number of ether oxygens (including phenoxy) is 1. The van der Waals surface area contributed by atoms with Gasteiger partial charge in [-0.05, 0) is 45.8 Å². The topological polar surface area (TPSA) is 46.6 Å². The number of Topliss-reactive ketones (excluding diaryl/α,β-unsaturated/α-hetero) is 1. The summed E-state index contributed by atoms with van der Waals surface area (Å²) >= 11 is 3.41. The molecule has 0 radical (unpaired) electrons. The van der Waals surface area contributed by atoms with Crippen LogP contribution in [0.25, 0.3) is 0 Å². The molecule has 0 bridgehead atoms. The van der Waals surface area contributed by atoms with E-state index in [1.165, 1.54) is 4.90 Å². The molecule has 106 valence electrons. The lowest BCUT2D eigenvalue weighted by Gasteiger charge is -2.18. The Hall–Kier alpha value is -2.14. The first-order chi connectivity index (χ1) is 10.1. The van der Waals surface area contributed by atoms with E-state index in [1.807, 2.05) is 30.3 Å². The van der Waals surface area contributed by atoms with Gasteiger partial charge in [-0.15, -0.1) is 0 Å². The third kappa shape index (κ3) is 2.34. The molecule has 4 nitrogen and oxygen atoms in total. The smallest absolute Gasteiger partial charge is 0.299 e. The van der Waals surface area contributed by atoms with Crippen molar-refractivity contribution < 1.29 is 14.3 Å². The minimum atomic E-state index is -0.500. The van der Waals surface area contributed by atoms with Crippen molar-refractivity contribution in [2.24, 2.45) is 0 Å². The highest BCUT2D eigenvalue weighted by molar-refractivity contribution is 9.10. The molecule has 1 heterocycles. The number of para-hydroxylation sites is 1. The molecule has 0 fully saturated rings. The SMILES string of the molecule is COc1cccc(CN2C(=O)C(=O)c3cccc(Br)c32)c1. The van der Waals surface area contributed by atoms with E-state index in [0.29, 0.717) is 17.8 Å². The zero-order chi connectivity index (χ0) is 15.0. The summed E-state index contributed by atoms with van der Waals surface area (Å²) in [6.45, 7) is 0.331. The fourth-order valence-electron chi connectivity index (χ4n) is 2.42. The van der Waals surface area contributed by atoms with Crippen LogP contribution in [0.5, 0.6) is 5.75 Å². The number of anilines is 1. The van der Waals surface area contributed by atoms with Crippen LogP contribution in [0, 0.1) is 0 Å². The van der Waals surface area contributed by atoms with Crippen LogP contribution in [-0.4, -0.2) is 18.8 Å². The fourth-order valence-corrected chi connectivity index (χ4v) is 3.00. The Balaban J connectivity index is 2.00. The fraction of sp³-hybridized carbons (Fsp3) is 0.125. The quantitative estimate of drug-likeness (QED) is 0.802. The number of ketones is 1. The Morgan fingerprint density at radius 1 is 1.14 bits per heavy atom. The number of rotatable bonds is 3. The van der Waals surface area contributed by atoms with Gasteiger partial charge >= 0.3 is 0 Å². The van der Waals surface area contributed by atoms with Gasteiger partial charge < -0.3 is 4.74 Å². The molecule has 3 rings (SSSR count). The predicted octanol–water partition coefficient (Wildman–Crippen LogP) is 3.19. The van der Waals surface area contributed by atoms with Gasteiger partial charge in [-0.1, -0.05) is 18.2 Å². The van der Waals surface area contributed by atoms with Gasteiger partial charge in [0, 0.05) is 4.47 Å². The van der Waals surface area contributed by atoms with Gasteiger partial charge in [-0.3, -0.25) is 14.5 Å². The highest BCUT2D eigenvalue weighted by Crippen LogP contribution is 2.37. The van der Waals surface area contributed by atoms with E-state index in [-0.39, 0.29) is 0 Å². The number of amides is 1. The summed E-state index contributed by atoms with van der Waals surface area (Å²) in [6, 6.07) is 12.7. The van der Waals surface area contributed by atoms with Crippen molar-refractivity contribution in [3.63, 3.8) is 0 Å². The molecule has 0 saturated heterocycles. The number of halogens is 1. The average Bonchev–Trinajstić information content (AvgIpc) is 2.74. The second kappa shape index (κ2) is 5.33. The molecule has 0 aliphatic carbocycles. The molecule has 1 amide bonds. The molecule has 0 aromatic heterocycles. The van der Waals surface area contributed by atoms with Crippen LogP contribution in [0.2, 0.25) is 0 Å². The van der Waals surface area contributed by atoms with E-state index in [9.17, 15) is 9.59 Å². The monoisotopic (exact) mass is 345 g/mol. The van der Waals surface area contributed by atoms with Crippen LogP contribution in [0.15, 0.2) is 46.9 Å². The van der Waals surface area contributed by atoms with Crippen molar-refractivity contribution in [2.75, 3.05) is 12.0 Å². The number of hydrogen-bond acceptors (Lipinski definition) is 3. The molecular formula is C16H12BrNO3. The van der Waals surface area contributed by atoms with Crippen LogP contribution in [-0.2, 0) is 11.3 Å². The summed E-state index contributed by atoms with van der Waals surface area (Å²) in [7, 11) is 1.59. The van der Waals surface area contributed by atoms with Crippen molar-refractivity contribution >= 4 is 33.3 Å². The number of hydrogen-bond donors (Lipinski definition) is 0. The lowest BCUT2D eigenvalue weighted by Crippen LogP contribution is -2.29. The minimum Gasteiger partial charge on any atom is -0.497 e. The van der Waals surface area contributed by atoms with Crippen molar-refractivity contribution in [1.29, 1.82) is 0 Å². The lowest BCUT2D eigenvalue weighted by molar-refractivity contribution is -0.114. The molecule has 5 heteroatoms. The summed E-state index contributed by atoms with van der Waals surface area (Å²) in [5, 5.41) is 0. The second-order valence-electron chi connectivity index (χ2n) is 4.71. The maximum Gasteiger partial charge on any atom is 0.299 e. The van der Waals surface area contributed by atoms with Crippen LogP contribution >= 0.6 is 15.9 Å². The molecule has 1 aliphatic heterocycles. The molecule has 2 aromatic carbocycles. The van der Waals surface area contributed by atoms with E-state index < -0.39 is 11.7 Å². The standard InChI is InChI=1S/C16H12BrNO3/c1-21-11-5-2-4-10(8-11)9-18-14-12(15(19)16(18)20)6-3-7-13(14)17/h2-8H,9H2,1H3. The number of carbonyl (C=O) groups is 2. The molecule has 0 unspecified atom stereocenters.